The zero-order valence-electron chi connectivity index (χ0n) is 8.55. The third-order valence-corrected chi connectivity index (χ3v) is 1.97. The van der Waals surface area contributed by atoms with Crippen molar-refractivity contribution in [2.24, 2.45) is 0 Å². The maximum absolute atomic E-state index is 4.65. The second-order valence-electron chi connectivity index (χ2n) is 3.17. The first kappa shape index (κ1) is 9.85. The fourth-order valence-corrected chi connectivity index (χ4v) is 1.26. The van der Waals surface area contributed by atoms with Crippen LogP contribution in [0.2, 0.25) is 0 Å². The summed E-state index contributed by atoms with van der Waals surface area (Å²) < 4.78 is 6.58. The minimum atomic E-state index is 0.593. The fourth-order valence-electron chi connectivity index (χ4n) is 1.26. The highest BCUT2D eigenvalue weighted by molar-refractivity contribution is 4.97. The van der Waals surface area contributed by atoms with E-state index in [1.165, 1.54) is 6.39 Å². The third kappa shape index (κ3) is 2.63. The Bertz CT molecular complexity index is 394. The molecule has 1 N–H and O–H groups in total. The van der Waals surface area contributed by atoms with Crippen LogP contribution in [0.1, 0.15) is 18.4 Å². The molecule has 0 bridgehead atoms. The molecule has 0 fully saturated rings. The number of nitrogens with one attached hydrogen (secondary N) is 1. The maximum atomic E-state index is 4.65. The average molecular weight is 207 g/mol. The van der Waals surface area contributed by atoms with E-state index in [1.807, 2.05) is 10.8 Å². The Balaban J connectivity index is 1.95. The van der Waals surface area contributed by atoms with E-state index in [0.717, 1.165) is 18.8 Å². The molecule has 0 amide bonds. The first-order valence-corrected chi connectivity index (χ1v) is 4.85. The highest BCUT2D eigenvalue weighted by atomic mass is 16.5. The van der Waals surface area contributed by atoms with Gasteiger partial charge in [0.2, 0.25) is 6.39 Å². The van der Waals surface area contributed by atoms with Gasteiger partial charge in [-0.15, -0.1) is 0 Å². The van der Waals surface area contributed by atoms with Crippen molar-refractivity contribution in [1.82, 2.24) is 25.0 Å². The van der Waals surface area contributed by atoms with Crippen LogP contribution in [0.25, 0.3) is 0 Å². The first-order valence-electron chi connectivity index (χ1n) is 4.85. The molecule has 80 valence electrons. The van der Waals surface area contributed by atoms with Gasteiger partial charge in [-0.3, -0.25) is 0 Å². The quantitative estimate of drug-likeness (QED) is 0.769. The highest BCUT2D eigenvalue weighted by Gasteiger charge is 2.01. The number of nitrogens with zero attached hydrogens (tertiary/aromatic N) is 4. The van der Waals surface area contributed by atoms with Gasteiger partial charge in [0.15, 0.2) is 5.82 Å². The van der Waals surface area contributed by atoms with Gasteiger partial charge in [0.05, 0.1) is 18.6 Å². The number of hydrogen-bond donors (Lipinski definition) is 1. The van der Waals surface area contributed by atoms with Crippen molar-refractivity contribution >= 4 is 0 Å². The average Bonchev–Trinajstić information content (AvgIpc) is 2.87. The van der Waals surface area contributed by atoms with Gasteiger partial charge in [0.1, 0.15) is 0 Å². The van der Waals surface area contributed by atoms with Gasteiger partial charge < -0.3 is 14.4 Å². The van der Waals surface area contributed by atoms with E-state index in [9.17, 15) is 0 Å². The van der Waals surface area contributed by atoms with E-state index in [1.54, 1.807) is 6.33 Å². The summed E-state index contributed by atoms with van der Waals surface area (Å²) in [4.78, 5) is 8.19. The Morgan fingerprint density at radius 1 is 1.47 bits per heavy atom. The number of imidazole rings is 1. The topological polar surface area (TPSA) is 68.8 Å². The molecule has 0 saturated carbocycles. The van der Waals surface area contributed by atoms with Crippen molar-refractivity contribution in [3.8, 4) is 0 Å². The molecule has 0 saturated heterocycles. The molecule has 2 heterocycles. The predicted molar refractivity (Wildman–Crippen MR) is 53.0 cm³/mol. The van der Waals surface area contributed by atoms with Gasteiger partial charge in [-0.1, -0.05) is 12.1 Å². The summed E-state index contributed by atoms with van der Waals surface area (Å²) in [6.07, 6.45) is 5.06. The summed E-state index contributed by atoms with van der Waals surface area (Å²) in [6, 6.07) is 0. The molecule has 2 aromatic heterocycles. The molecule has 6 heteroatoms. The lowest BCUT2D eigenvalue weighted by molar-refractivity contribution is 0.408. The molecule has 6 nitrogen and oxygen atoms in total. The van der Waals surface area contributed by atoms with Gasteiger partial charge in [0.25, 0.3) is 0 Å². The summed E-state index contributed by atoms with van der Waals surface area (Å²) in [5.74, 6) is 0.655. The molecule has 0 spiro atoms. The predicted octanol–water partition coefficient (Wildman–Crippen LogP) is 0.424. The summed E-state index contributed by atoms with van der Waals surface area (Å²) in [5.41, 5.74) is 1.01. The Labute approximate surface area is 87.3 Å². The van der Waals surface area contributed by atoms with Crippen molar-refractivity contribution in [3.05, 3.63) is 30.4 Å². The molecule has 2 rings (SSSR count). The second kappa shape index (κ2) is 4.70. The zero-order valence-corrected chi connectivity index (χ0v) is 8.55. The molecule has 0 aromatic carbocycles. The minimum Gasteiger partial charge on any atom is -0.343 e. The van der Waals surface area contributed by atoms with Gasteiger partial charge in [-0.05, 0) is 6.54 Å². The largest absolute Gasteiger partial charge is 0.343 e. The molecular formula is C9H13N5O. The van der Waals surface area contributed by atoms with Crippen LogP contribution in [0.15, 0.2) is 23.4 Å². The Morgan fingerprint density at radius 2 is 2.40 bits per heavy atom. The lowest BCUT2D eigenvalue weighted by atomic mass is 10.4. The van der Waals surface area contributed by atoms with E-state index < -0.39 is 0 Å². The molecule has 0 atom stereocenters. The molecule has 0 radical (unpaired) electrons. The van der Waals surface area contributed by atoms with Gasteiger partial charge in [-0.25, -0.2) is 4.98 Å². The van der Waals surface area contributed by atoms with Crippen LogP contribution in [0, 0.1) is 0 Å². The van der Waals surface area contributed by atoms with Crippen LogP contribution >= 0.6 is 0 Å². The molecule has 2 aromatic rings. The monoisotopic (exact) mass is 207 g/mol. The normalized spacial score (nSPS) is 10.7. The van der Waals surface area contributed by atoms with E-state index in [2.05, 4.69) is 31.9 Å². The molecule has 0 unspecified atom stereocenters. The Hall–Kier alpha value is -1.69. The molecule has 15 heavy (non-hydrogen) atoms. The first-order chi connectivity index (χ1) is 7.38. The molecule has 0 aliphatic heterocycles. The van der Waals surface area contributed by atoms with E-state index >= 15 is 0 Å². The Morgan fingerprint density at radius 3 is 3.13 bits per heavy atom. The second-order valence-corrected chi connectivity index (χ2v) is 3.17. The van der Waals surface area contributed by atoms with Gasteiger partial charge in [-0.2, -0.15) is 4.98 Å². The summed E-state index contributed by atoms with van der Waals surface area (Å²) in [5, 5.41) is 6.94. The standard InChI is InChI=1S/C9H13N5O/c1-2-10-3-8-4-14(6-11-8)5-9-12-7-15-13-9/h4,6-7,10H,2-3,5H2,1H3. The smallest absolute Gasteiger partial charge is 0.213 e. The van der Waals surface area contributed by atoms with Crippen LogP contribution in [0.3, 0.4) is 0 Å². The van der Waals surface area contributed by atoms with Crippen molar-refractivity contribution in [2.45, 2.75) is 20.0 Å². The SMILES string of the molecule is CCNCc1cn(Cc2ncon2)cn1. The van der Waals surface area contributed by atoms with Crippen LogP contribution < -0.4 is 5.32 Å². The minimum absolute atomic E-state index is 0.593. The van der Waals surface area contributed by atoms with Crippen molar-refractivity contribution in [3.63, 3.8) is 0 Å². The van der Waals surface area contributed by atoms with Crippen LogP contribution in [-0.2, 0) is 13.1 Å². The van der Waals surface area contributed by atoms with Crippen molar-refractivity contribution < 1.29 is 4.52 Å². The fraction of sp³-hybridized carbons (Fsp3) is 0.444. The molecule has 0 aliphatic rings. The molecule has 0 aliphatic carbocycles. The Kier molecular flexibility index (Phi) is 3.08. The highest BCUT2D eigenvalue weighted by Crippen LogP contribution is 1.99. The summed E-state index contributed by atoms with van der Waals surface area (Å²) in [6.45, 7) is 4.39. The van der Waals surface area contributed by atoms with Gasteiger partial charge in [0, 0.05) is 12.7 Å². The summed E-state index contributed by atoms with van der Waals surface area (Å²) >= 11 is 0. The van der Waals surface area contributed by atoms with Crippen LogP contribution in [-0.4, -0.2) is 26.2 Å². The van der Waals surface area contributed by atoms with Crippen molar-refractivity contribution in [2.75, 3.05) is 6.54 Å². The number of hydrogen-bond acceptors (Lipinski definition) is 5. The molecular weight excluding hydrogens is 194 g/mol. The van der Waals surface area contributed by atoms with Crippen molar-refractivity contribution in [1.29, 1.82) is 0 Å². The lowest BCUT2D eigenvalue weighted by Crippen LogP contribution is -2.11. The van der Waals surface area contributed by atoms with Gasteiger partial charge >= 0.3 is 0 Å². The van der Waals surface area contributed by atoms with E-state index in [4.69, 9.17) is 0 Å². The van der Waals surface area contributed by atoms with Crippen LogP contribution in [0.4, 0.5) is 0 Å². The van der Waals surface area contributed by atoms with E-state index in [0.29, 0.717) is 12.4 Å². The van der Waals surface area contributed by atoms with Crippen LogP contribution in [0.5, 0.6) is 0 Å². The third-order valence-electron chi connectivity index (χ3n) is 1.97. The van der Waals surface area contributed by atoms with E-state index in [-0.39, 0.29) is 0 Å². The number of rotatable bonds is 5. The lowest BCUT2D eigenvalue weighted by Gasteiger charge is -1.96. The maximum Gasteiger partial charge on any atom is 0.213 e. The number of aromatic nitrogens is 4. The zero-order chi connectivity index (χ0) is 10.5. The summed E-state index contributed by atoms with van der Waals surface area (Å²) in [7, 11) is 0.